The first-order valence-corrected chi connectivity index (χ1v) is 7.74. The minimum atomic E-state index is -3.61. The van der Waals surface area contributed by atoms with Crippen LogP contribution in [0.3, 0.4) is 0 Å². The Morgan fingerprint density at radius 1 is 1.15 bits per heavy atom. The molecule has 0 aliphatic heterocycles. The molecule has 0 atom stereocenters. The van der Waals surface area contributed by atoms with E-state index < -0.39 is 10.0 Å². The van der Waals surface area contributed by atoms with Gasteiger partial charge in [-0.25, -0.2) is 8.42 Å². The molecule has 1 heterocycles. The summed E-state index contributed by atoms with van der Waals surface area (Å²) in [5.41, 5.74) is 6.73. The summed E-state index contributed by atoms with van der Waals surface area (Å²) in [4.78, 5) is 4.30. The lowest BCUT2D eigenvalue weighted by Crippen LogP contribution is -2.31. The van der Waals surface area contributed by atoms with Gasteiger partial charge in [-0.15, -0.1) is 0 Å². The Labute approximate surface area is 119 Å². The molecule has 0 fully saturated rings. The molecule has 0 spiro atoms. The number of nitrogens with two attached hydrogens (primary N) is 1. The lowest BCUT2D eigenvalue weighted by molar-refractivity contribution is 0.419. The normalized spacial score (nSPS) is 11.7. The second-order valence-electron chi connectivity index (χ2n) is 4.29. The molecule has 5 nitrogen and oxygen atoms in total. The van der Waals surface area contributed by atoms with Crippen LogP contribution in [0.2, 0.25) is 0 Å². The molecule has 20 heavy (non-hydrogen) atoms. The van der Waals surface area contributed by atoms with Gasteiger partial charge in [-0.1, -0.05) is 25.1 Å². The van der Waals surface area contributed by atoms with Gasteiger partial charge >= 0.3 is 0 Å². The molecule has 2 N–H and O–H groups in total. The Bertz CT molecular complexity index is 672. The second-order valence-corrected chi connectivity index (χ2v) is 6.20. The van der Waals surface area contributed by atoms with Crippen LogP contribution in [0.4, 0.5) is 5.69 Å². The van der Waals surface area contributed by atoms with Crippen molar-refractivity contribution in [2.24, 2.45) is 0 Å². The monoisotopic (exact) mass is 291 g/mol. The van der Waals surface area contributed by atoms with Crippen molar-refractivity contribution in [2.45, 2.75) is 18.4 Å². The zero-order chi connectivity index (χ0) is 14.6. The fourth-order valence-corrected chi connectivity index (χ4v) is 3.43. The van der Waals surface area contributed by atoms with E-state index in [1.54, 1.807) is 43.5 Å². The molecule has 0 unspecified atom stereocenters. The first kappa shape index (κ1) is 14.5. The van der Waals surface area contributed by atoms with Crippen molar-refractivity contribution in [2.75, 3.05) is 12.3 Å². The fraction of sp³-hybridized carbons (Fsp3) is 0.214. The van der Waals surface area contributed by atoms with Gasteiger partial charge in [-0.05, 0) is 24.3 Å². The van der Waals surface area contributed by atoms with E-state index in [4.69, 9.17) is 5.73 Å². The maximum absolute atomic E-state index is 12.6. The summed E-state index contributed by atoms with van der Waals surface area (Å²) in [6.07, 6.45) is 1.65. The smallest absolute Gasteiger partial charge is 0.245 e. The van der Waals surface area contributed by atoms with Crippen LogP contribution < -0.4 is 5.73 Å². The van der Waals surface area contributed by atoms with Crippen LogP contribution in [0.15, 0.2) is 53.6 Å². The first-order chi connectivity index (χ1) is 9.55. The molecule has 0 saturated heterocycles. The number of nitrogens with zero attached hydrogens (tertiary/aromatic N) is 2. The van der Waals surface area contributed by atoms with Crippen molar-refractivity contribution in [1.29, 1.82) is 0 Å². The van der Waals surface area contributed by atoms with Crippen molar-refractivity contribution in [3.05, 3.63) is 54.4 Å². The average molecular weight is 291 g/mol. The Morgan fingerprint density at radius 3 is 2.45 bits per heavy atom. The number of hydrogen-bond donors (Lipinski definition) is 1. The van der Waals surface area contributed by atoms with Crippen molar-refractivity contribution in [3.8, 4) is 0 Å². The molecule has 0 amide bonds. The molecule has 6 heteroatoms. The Morgan fingerprint density at radius 2 is 1.85 bits per heavy atom. The van der Waals surface area contributed by atoms with E-state index >= 15 is 0 Å². The molecule has 1 aromatic carbocycles. The molecule has 0 aliphatic carbocycles. The van der Waals surface area contributed by atoms with E-state index in [2.05, 4.69) is 4.98 Å². The topological polar surface area (TPSA) is 76.3 Å². The number of rotatable bonds is 5. The van der Waals surface area contributed by atoms with Crippen LogP contribution in [0.25, 0.3) is 0 Å². The van der Waals surface area contributed by atoms with Crippen molar-refractivity contribution in [3.63, 3.8) is 0 Å². The molecular formula is C14H17N3O2S. The summed E-state index contributed by atoms with van der Waals surface area (Å²) in [7, 11) is -3.61. The van der Waals surface area contributed by atoms with Gasteiger partial charge in [0, 0.05) is 12.7 Å². The minimum absolute atomic E-state index is 0.137. The Balaban J connectivity index is 2.34. The highest BCUT2D eigenvalue weighted by Gasteiger charge is 2.25. The first-order valence-electron chi connectivity index (χ1n) is 6.30. The highest BCUT2D eigenvalue weighted by atomic mass is 32.2. The van der Waals surface area contributed by atoms with Gasteiger partial charge in [-0.2, -0.15) is 4.31 Å². The summed E-state index contributed by atoms with van der Waals surface area (Å²) >= 11 is 0. The number of benzene rings is 1. The summed E-state index contributed by atoms with van der Waals surface area (Å²) in [5, 5.41) is 0. The third-order valence-corrected chi connectivity index (χ3v) is 4.95. The van der Waals surface area contributed by atoms with Gasteiger partial charge in [0.15, 0.2) is 0 Å². The van der Waals surface area contributed by atoms with Crippen LogP contribution in [-0.2, 0) is 16.6 Å². The maximum Gasteiger partial charge on any atom is 0.245 e. The molecule has 0 saturated carbocycles. The maximum atomic E-state index is 12.6. The summed E-state index contributed by atoms with van der Waals surface area (Å²) in [6, 6.07) is 11.9. The van der Waals surface area contributed by atoms with Crippen LogP contribution in [0, 0.1) is 0 Å². The predicted octanol–water partition coefficient (Wildman–Crippen LogP) is 1.87. The molecule has 106 valence electrons. The van der Waals surface area contributed by atoms with Crippen LogP contribution in [-0.4, -0.2) is 24.3 Å². The molecule has 2 rings (SSSR count). The van der Waals surface area contributed by atoms with Crippen LogP contribution in [0.1, 0.15) is 12.6 Å². The Kier molecular flexibility index (Phi) is 4.36. The number of hydrogen-bond acceptors (Lipinski definition) is 4. The number of pyridine rings is 1. The molecule has 0 bridgehead atoms. The number of nitrogen functional groups attached to an aromatic ring is 1. The van der Waals surface area contributed by atoms with E-state index in [0.29, 0.717) is 12.2 Å². The fourth-order valence-electron chi connectivity index (χ4n) is 1.89. The average Bonchev–Trinajstić information content (AvgIpc) is 2.46. The van der Waals surface area contributed by atoms with Gasteiger partial charge < -0.3 is 5.73 Å². The van der Waals surface area contributed by atoms with Crippen molar-refractivity contribution < 1.29 is 8.42 Å². The van der Waals surface area contributed by atoms with E-state index in [9.17, 15) is 8.42 Å². The summed E-state index contributed by atoms with van der Waals surface area (Å²) < 4.78 is 26.6. The largest absolute Gasteiger partial charge is 0.398 e. The second kappa shape index (κ2) is 6.02. The molecule has 1 aromatic heterocycles. The van der Waals surface area contributed by atoms with Crippen LogP contribution >= 0.6 is 0 Å². The molecule has 0 aliphatic rings. The molecule has 0 radical (unpaired) electrons. The van der Waals surface area contributed by atoms with Gasteiger partial charge in [0.25, 0.3) is 0 Å². The summed E-state index contributed by atoms with van der Waals surface area (Å²) in [5.74, 6) is 0. The quantitative estimate of drug-likeness (QED) is 0.853. The molecular weight excluding hydrogens is 274 g/mol. The van der Waals surface area contributed by atoms with E-state index in [-0.39, 0.29) is 17.1 Å². The lowest BCUT2D eigenvalue weighted by atomic mass is 10.3. The SMILES string of the molecule is CCN(Cc1ccccn1)S(=O)(=O)c1ccccc1N. The minimum Gasteiger partial charge on any atom is -0.398 e. The lowest BCUT2D eigenvalue weighted by Gasteiger charge is -2.21. The molecule has 2 aromatic rings. The Hall–Kier alpha value is -1.92. The predicted molar refractivity (Wildman–Crippen MR) is 78.4 cm³/mol. The number of sulfonamides is 1. The zero-order valence-corrected chi connectivity index (χ0v) is 12.0. The van der Waals surface area contributed by atoms with E-state index in [1.807, 2.05) is 6.07 Å². The highest BCUT2D eigenvalue weighted by molar-refractivity contribution is 7.89. The highest BCUT2D eigenvalue weighted by Crippen LogP contribution is 2.22. The van der Waals surface area contributed by atoms with E-state index in [1.165, 1.54) is 10.4 Å². The van der Waals surface area contributed by atoms with Crippen molar-refractivity contribution >= 4 is 15.7 Å². The summed E-state index contributed by atoms with van der Waals surface area (Å²) in [6.45, 7) is 2.38. The zero-order valence-electron chi connectivity index (χ0n) is 11.2. The van der Waals surface area contributed by atoms with E-state index in [0.717, 1.165) is 0 Å². The number of para-hydroxylation sites is 1. The number of anilines is 1. The number of aromatic nitrogens is 1. The van der Waals surface area contributed by atoms with Gasteiger partial charge in [-0.3, -0.25) is 4.98 Å². The van der Waals surface area contributed by atoms with Gasteiger partial charge in [0.05, 0.1) is 17.9 Å². The van der Waals surface area contributed by atoms with Gasteiger partial charge in [0.1, 0.15) is 4.90 Å². The third-order valence-electron chi connectivity index (χ3n) is 2.95. The third kappa shape index (κ3) is 2.97. The van der Waals surface area contributed by atoms with Crippen LogP contribution in [0.5, 0.6) is 0 Å². The standard InChI is InChI=1S/C14H17N3O2S/c1-2-17(11-12-7-5-6-10-16-12)20(18,19)14-9-4-3-8-13(14)15/h3-10H,2,11,15H2,1H3. The van der Waals surface area contributed by atoms with Crippen molar-refractivity contribution in [1.82, 2.24) is 9.29 Å². The van der Waals surface area contributed by atoms with Gasteiger partial charge in [0.2, 0.25) is 10.0 Å².